The van der Waals surface area contributed by atoms with Gasteiger partial charge in [0.05, 0.1) is 11.8 Å². The molecule has 27 heavy (non-hydrogen) atoms. The van der Waals surface area contributed by atoms with Gasteiger partial charge in [-0.25, -0.2) is 9.78 Å². The number of carbonyl (C=O) groups is 2. The molecule has 0 fully saturated rings. The predicted molar refractivity (Wildman–Crippen MR) is 109 cm³/mol. The van der Waals surface area contributed by atoms with Gasteiger partial charge in [-0.05, 0) is 30.7 Å². The molecular formula is C18H17ClN4O3S. The summed E-state index contributed by atoms with van der Waals surface area (Å²) in [6, 6.07) is 8.33. The summed E-state index contributed by atoms with van der Waals surface area (Å²) < 4.78 is 6.13. The molecule has 2 aromatic carbocycles. The minimum Gasteiger partial charge on any atom is -0.494 e. The van der Waals surface area contributed by atoms with E-state index in [4.69, 9.17) is 16.3 Å². The zero-order valence-corrected chi connectivity index (χ0v) is 16.4. The smallest absolute Gasteiger partial charge is 0.323 e. The zero-order valence-electron chi connectivity index (χ0n) is 14.8. The molecule has 0 bridgehead atoms. The van der Waals surface area contributed by atoms with E-state index in [1.807, 2.05) is 6.92 Å². The van der Waals surface area contributed by atoms with E-state index in [1.165, 1.54) is 25.4 Å². The van der Waals surface area contributed by atoms with Crippen LogP contribution in [0.3, 0.4) is 0 Å². The van der Waals surface area contributed by atoms with Crippen molar-refractivity contribution in [2.75, 3.05) is 23.1 Å². The lowest BCUT2D eigenvalue weighted by atomic mass is 10.2. The fourth-order valence-electron chi connectivity index (χ4n) is 2.46. The van der Waals surface area contributed by atoms with E-state index in [1.54, 1.807) is 30.3 Å². The number of amides is 3. The normalized spacial score (nSPS) is 10.5. The van der Waals surface area contributed by atoms with Gasteiger partial charge in [0.25, 0.3) is 0 Å². The van der Waals surface area contributed by atoms with E-state index < -0.39 is 6.03 Å². The van der Waals surface area contributed by atoms with Gasteiger partial charge < -0.3 is 20.7 Å². The van der Waals surface area contributed by atoms with Gasteiger partial charge >= 0.3 is 6.03 Å². The summed E-state index contributed by atoms with van der Waals surface area (Å²) in [5, 5.41) is 9.23. The van der Waals surface area contributed by atoms with Crippen LogP contribution >= 0.6 is 22.9 Å². The first kappa shape index (κ1) is 18.9. The highest BCUT2D eigenvalue weighted by atomic mass is 35.5. The molecule has 3 rings (SSSR count). The van der Waals surface area contributed by atoms with Crippen LogP contribution in [-0.2, 0) is 4.79 Å². The largest absolute Gasteiger partial charge is 0.494 e. The second-order valence-corrected chi connectivity index (χ2v) is 7.15. The Balaban J connectivity index is 1.84. The van der Waals surface area contributed by atoms with Gasteiger partial charge in [0, 0.05) is 29.4 Å². The molecule has 0 saturated heterocycles. The number of urea groups is 1. The van der Waals surface area contributed by atoms with Crippen molar-refractivity contribution in [2.24, 2.45) is 0 Å². The van der Waals surface area contributed by atoms with Gasteiger partial charge in [-0.1, -0.05) is 29.0 Å². The Morgan fingerprint density at radius 3 is 2.67 bits per heavy atom. The first-order chi connectivity index (χ1) is 12.9. The monoisotopic (exact) mass is 404 g/mol. The van der Waals surface area contributed by atoms with Crippen molar-refractivity contribution in [3.63, 3.8) is 0 Å². The van der Waals surface area contributed by atoms with Gasteiger partial charge in [0.15, 0.2) is 5.13 Å². The number of benzene rings is 2. The predicted octanol–water partition coefficient (Wildman–Crippen LogP) is 4.87. The third kappa shape index (κ3) is 4.29. The number of carbonyl (C=O) groups excluding carboxylic acids is 2. The minimum atomic E-state index is -0.409. The summed E-state index contributed by atoms with van der Waals surface area (Å²) in [6.07, 6.45) is 0. The topological polar surface area (TPSA) is 92.4 Å². The van der Waals surface area contributed by atoms with Crippen LogP contribution in [0.15, 0.2) is 30.3 Å². The molecule has 140 valence electrons. The van der Waals surface area contributed by atoms with Crippen LogP contribution in [0.2, 0.25) is 5.02 Å². The van der Waals surface area contributed by atoms with Gasteiger partial charge in [-0.2, -0.15) is 0 Å². The van der Waals surface area contributed by atoms with Crippen LogP contribution in [-0.4, -0.2) is 24.0 Å². The van der Waals surface area contributed by atoms with Crippen molar-refractivity contribution < 1.29 is 14.3 Å². The molecule has 1 heterocycles. The summed E-state index contributed by atoms with van der Waals surface area (Å²) in [6.45, 7) is 3.24. The van der Waals surface area contributed by atoms with Gasteiger partial charge in [0.2, 0.25) is 5.91 Å². The van der Waals surface area contributed by atoms with Crippen molar-refractivity contribution in [2.45, 2.75) is 13.8 Å². The maximum Gasteiger partial charge on any atom is 0.323 e. The fraction of sp³-hybridized carbons (Fsp3) is 0.167. The number of aromatic nitrogens is 1. The highest BCUT2D eigenvalue weighted by molar-refractivity contribution is 7.22. The van der Waals surface area contributed by atoms with Crippen LogP contribution < -0.4 is 20.7 Å². The van der Waals surface area contributed by atoms with Crippen molar-refractivity contribution >= 4 is 61.6 Å². The van der Waals surface area contributed by atoms with E-state index in [-0.39, 0.29) is 5.91 Å². The molecule has 0 aliphatic rings. The minimum absolute atomic E-state index is 0.206. The Morgan fingerprint density at radius 2 is 1.96 bits per heavy atom. The van der Waals surface area contributed by atoms with Crippen LogP contribution in [0.5, 0.6) is 5.75 Å². The summed E-state index contributed by atoms with van der Waals surface area (Å²) in [5.74, 6) is 0.289. The molecule has 0 aliphatic carbocycles. The average molecular weight is 405 g/mol. The quantitative estimate of drug-likeness (QED) is 0.578. The maximum absolute atomic E-state index is 12.4. The molecule has 9 heteroatoms. The summed E-state index contributed by atoms with van der Waals surface area (Å²) in [5.41, 5.74) is 2.56. The lowest BCUT2D eigenvalue weighted by molar-refractivity contribution is -0.114. The SMILES string of the molecule is COc1cc(NC(=O)Nc2cccc(Cl)c2C)cc2sc(NC(C)=O)nc12. The van der Waals surface area contributed by atoms with Crippen molar-refractivity contribution in [1.29, 1.82) is 0 Å². The number of ether oxygens (including phenoxy) is 1. The second kappa shape index (κ2) is 7.81. The first-order valence-corrected chi connectivity index (χ1v) is 9.16. The number of rotatable bonds is 4. The molecule has 0 aliphatic heterocycles. The third-order valence-corrected chi connectivity index (χ3v) is 5.06. The van der Waals surface area contributed by atoms with Gasteiger partial charge in [0.1, 0.15) is 11.3 Å². The zero-order chi connectivity index (χ0) is 19.6. The molecule has 7 nitrogen and oxygen atoms in total. The maximum atomic E-state index is 12.4. The second-order valence-electron chi connectivity index (χ2n) is 5.72. The van der Waals surface area contributed by atoms with Gasteiger partial charge in [-0.3, -0.25) is 4.79 Å². The number of halogens is 1. The van der Waals surface area contributed by atoms with Crippen molar-refractivity contribution in [3.05, 3.63) is 40.9 Å². The fourth-order valence-corrected chi connectivity index (χ4v) is 3.60. The summed E-state index contributed by atoms with van der Waals surface area (Å²) in [7, 11) is 1.52. The van der Waals surface area contributed by atoms with E-state index in [0.29, 0.717) is 32.8 Å². The van der Waals surface area contributed by atoms with Crippen LogP contribution in [0.25, 0.3) is 10.2 Å². The van der Waals surface area contributed by atoms with Crippen LogP contribution in [0.4, 0.5) is 21.3 Å². The standard InChI is InChI=1S/C18H17ClN4O3S/c1-9-12(19)5-4-6-13(9)22-17(25)21-11-7-14(26-3)16-15(8-11)27-18(23-16)20-10(2)24/h4-8H,1-3H3,(H,20,23,24)(H2,21,22,25). The van der Waals surface area contributed by atoms with E-state index >= 15 is 0 Å². The Labute approximate surface area is 164 Å². The van der Waals surface area contributed by atoms with E-state index in [0.717, 1.165) is 10.3 Å². The van der Waals surface area contributed by atoms with E-state index in [9.17, 15) is 9.59 Å². The van der Waals surface area contributed by atoms with Crippen LogP contribution in [0, 0.1) is 6.92 Å². The Kier molecular flexibility index (Phi) is 5.48. The number of thiazole rings is 1. The van der Waals surface area contributed by atoms with Crippen molar-refractivity contribution in [1.82, 2.24) is 4.98 Å². The highest BCUT2D eigenvalue weighted by Crippen LogP contribution is 2.35. The van der Waals surface area contributed by atoms with E-state index in [2.05, 4.69) is 20.9 Å². The van der Waals surface area contributed by atoms with Crippen molar-refractivity contribution in [3.8, 4) is 5.75 Å². The number of nitrogens with zero attached hydrogens (tertiary/aromatic N) is 1. The summed E-state index contributed by atoms with van der Waals surface area (Å²) >= 11 is 7.37. The molecule has 0 radical (unpaired) electrons. The number of fused-ring (bicyclic) bond motifs is 1. The molecule has 0 unspecified atom stereocenters. The van der Waals surface area contributed by atoms with Gasteiger partial charge in [-0.15, -0.1) is 0 Å². The molecule has 0 atom stereocenters. The number of anilines is 3. The number of methoxy groups -OCH3 is 1. The average Bonchev–Trinajstić information content (AvgIpc) is 2.99. The molecule has 3 amide bonds. The lowest BCUT2D eigenvalue weighted by Crippen LogP contribution is -2.20. The molecule has 0 saturated carbocycles. The van der Waals surface area contributed by atoms with Crippen LogP contribution in [0.1, 0.15) is 12.5 Å². The molecule has 1 aromatic heterocycles. The molecule has 3 aromatic rings. The number of hydrogen-bond donors (Lipinski definition) is 3. The lowest BCUT2D eigenvalue weighted by Gasteiger charge is -2.11. The first-order valence-electron chi connectivity index (χ1n) is 7.96. The summed E-state index contributed by atoms with van der Waals surface area (Å²) in [4.78, 5) is 27.9. The molecule has 0 spiro atoms. The number of nitrogens with one attached hydrogen (secondary N) is 3. The molecular weight excluding hydrogens is 388 g/mol. The number of hydrogen-bond acceptors (Lipinski definition) is 5. The third-order valence-electron chi connectivity index (χ3n) is 3.74. The highest BCUT2D eigenvalue weighted by Gasteiger charge is 2.14. The Hall–Kier alpha value is -2.84. The molecule has 3 N–H and O–H groups in total. The Morgan fingerprint density at radius 1 is 1.19 bits per heavy atom. The Bertz CT molecular complexity index is 1030.